The maximum absolute atomic E-state index is 5.67. The zero-order valence-electron chi connectivity index (χ0n) is 9.70. The van der Waals surface area contributed by atoms with Crippen molar-refractivity contribution in [3.05, 3.63) is 0 Å². The molecular weight excluding hydrogens is 208 g/mol. The SMILES string of the molecule is CCO[Si](CC1CCC2OC2C1)OCC. The molecule has 3 nitrogen and oxygen atoms in total. The second-order valence-electron chi connectivity index (χ2n) is 4.33. The third-order valence-electron chi connectivity index (χ3n) is 3.18. The smallest absolute Gasteiger partial charge is 0.384 e. The van der Waals surface area contributed by atoms with Crippen molar-refractivity contribution in [2.24, 2.45) is 5.92 Å². The molecule has 1 saturated carbocycles. The molecule has 15 heavy (non-hydrogen) atoms. The molecule has 0 aromatic rings. The molecule has 2 rings (SSSR count). The molecule has 4 heteroatoms. The van der Waals surface area contributed by atoms with Crippen LogP contribution in [0.4, 0.5) is 0 Å². The minimum Gasteiger partial charge on any atom is -0.394 e. The Hall–Kier alpha value is 0.0969. The van der Waals surface area contributed by atoms with Gasteiger partial charge in [0.2, 0.25) is 0 Å². The van der Waals surface area contributed by atoms with Crippen LogP contribution in [0.25, 0.3) is 0 Å². The number of epoxide rings is 1. The molecule has 0 amide bonds. The van der Waals surface area contributed by atoms with Gasteiger partial charge in [-0.25, -0.2) is 0 Å². The summed E-state index contributed by atoms with van der Waals surface area (Å²) in [6.07, 6.45) is 4.98. The first-order valence-corrected chi connectivity index (χ1v) is 7.62. The van der Waals surface area contributed by atoms with E-state index < -0.39 is 9.28 Å². The van der Waals surface area contributed by atoms with Crippen LogP contribution in [0.3, 0.4) is 0 Å². The van der Waals surface area contributed by atoms with E-state index in [1.54, 1.807) is 0 Å². The van der Waals surface area contributed by atoms with Gasteiger partial charge in [-0.15, -0.1) is 0 Å². The second-order valence-corrected chi connectivity index (χ2v) is 6.06. The highest BCUT2D eigenvalue weighted by Gasteiger charge is 2.44. The van der Waals surface area contributed by atoms with Crippen LogP contribution in [0.15, 0.2) is 0 Å². The summed E-state index contributed by atoms with van der Waals surface area (Å²) in [5.74, 6) is 0.778. The molecule has 0 aromatic heterocycles. The van der Waals surface area contributed by atoms with Gasteiger partial charge >= 0.3 is 9.28 Å². The molecule has 1 radical (unpaired) electrons. The normalized spacial score (nSPS) is 34.2. The molecule has 1 heterocycles. The Morgan fingerprint density at radius 3 is 2.47 bits per heavy atom. The number of hydrogen-bond acceptors (Lipinski definition) is 3. The third kappa shape index (κ3) is 3.28. The highest BCUT2D eigenvalue weighted by molar-refractivity contribution is 6.44. The zero-order valence-corrected chi connectivity index (χ0v) is 10.7. The third-order valence-corrected chi connectivity index (χ3v) is 5.31. The Morgan fingerprint density at radius 1 is 1.13 bits per heavy atom. The summed E-state index contributed by atoms with van der Waals surface area (Å²) in [4.78, 5) is 0. The Morgan fingerprint density at radius 2 is 1.87 bits per heavy atom. The Bertz CT molecular complexity index is 194. The van der Waals surface area contributed by atoms with E-state index in [4.69, 9.17) is 13.6 Å². The van der Waals surface area contributed by atoms with Crippen molar-refractivity contribution >= 4 is 9.28 Å². The lowest BCUT2D eigenvalue weighted by Gasteiger charge is -2.22. The quantitative estimate of drug-likeness (QED) is 0.516. The van der Waals surface area contributed by atoms with Gasteiger partial charge in [0, 0.05) is 13.2 Å². The Kier molecular flexibility index (Phi) is 4.19. The molecule has 0 bridgehead atoms. The van der Waals surface area contributed by atoms with Crippen LogP contribution in [-0.4, -0.2) is 34.7 Å². The molecule has 2 fully saturated rings. The highest BCUT2D eigenvalue weighted by Crippen LogP contribution is 2.41. The molecule has 1 aliphatic carbocycles. The molecule has 1 aliphatic heterocycles. The first-order valence-electron chi connectivity index (χ1n) is 6.10. The predicted octanol–water partition coefficient (Wildman–Crippen LogP) is 2.12. The molecule has 3 unspecified atom stereocenters. The van der Waals surface area contributed by atoms with E-state index in [1.807, 2.05) is 13.8 Å². The number of rotatable bonds is 6. The summed E-state index contributed by atoms with van der Waals surface area (Å²) >= 11 is 0. The van der Waals surface area contributed by atoms with Crippen LogP contribution >= 0.6 is 0 Å². The molecule has 87 valence electrons. The maximum Gasteiger partial charge on any atom is 0.384 e. The Balaban J connectivity index is 1.72. The van der Waals surface area contributed by atoms with Crippen LogP contribution < -0.4 is 0 Å². The van der Waals surface area contributed by atoms with Crippen LogP contribution in [0, 0.1) is 5.92 Å². The van der Waals surface area contributed by atoms with Crippen LogP contribution in [0.1, 0.15) is 33.1 Å². The lowest BCUT2D eigenvalue weighted by molar-refractivity contribution is 0.204. The second kappa shape index (κ2) is 5.43. The van der Waals surface area contributed by atoms with Crippen molar-refractivity contribution in [2.45, 2.75) is 51.4 Å². The van der Waals surface area contributed by atoms with E-state index in [0.717, 1.165) is 25.2 Å². The van der Waals surface area contributed by atoms with Crippen molar-refractivity contribution in [3.8, 4) is 0 Å². The fourth-order valence-electron chi connectivity index (χ4n) is 2.39. The van der Waals surface area contributed by atoms with E-state index in [1.165, 1.54) is 19.3 Å². The minimum absolute atomic E-state index is 0.579. The monoisotopic (exact) mass is 229 g/mol. The van der Waals surface area contributed by atoms with Crippen LogP contribution in [0.2, 0.25) is 6.04 Å². The number of ether oxygens (including phenoxy) is 1. The molecule has 1 saturated heterocycles. The fourth-order valence-corrected chi connectivity index (χ4v) is 4.19. The van der Waals surface area contributed by atoms with E-state index in [2.05, 4.69) is 0 Å². The number of hydrogen-bond donors (Lipinski definition) is 0. The molecular formula is C11H21O3Si. The van der Waals surface area contributed by atoms with Crippen molar-refractivity contribution in [2.75, 3.05) is 13.2 Å². The summed E-state index contributed by atoms with van der Waals surface area (Å²) < 4.78 is 16.9. The van der Waals surface area contributed by atoms with Crippen molar-refractivity contribution in [1.82, 2.24) is 0 Å². The van der Waals surface area contributed by atoms with E-state index >= 15 is 0 Å². The zero-order chi connectivity index (χ0) is 10.7. The van der Waals surface area contributed by atoms with Gasteiger partial charge in [-0.05, 0) is 45.1 Å². The van der Waals surface area contributed by atoms with Gasteiger partial charge in [-0.3, -0.25) is 0 Å². The largest absolute Gasteiger partial charge is 0.394 e. The van der Waals surface area contributed by atoms with Gasteiger partial charge in [-0.2, -0.15) is 0 Å². The van der Waals surface area contributed by atoms with Crippen LogP contribution in [0.5, 0.6) is 0 Å². The molecule has 3 atom stereocenters. The average molecular weight is 229 g/mol. The van der Waals surface area contributed by atoms with Crippen molar-refractivity contribution in [3.63, 3.8) is 0 Å². The maximum atomic E-state index is 5.67. The highest BCUT2D eigenvalue weighted by atomic mass is 28.3. The first-order chi connectivity index (χ1) is 7.33. The Labute approximate surface area is 93.9 Å². The molecule has 0 N–H and O–H groups in total. The number of fused-ring (bicyclic) bond motifs is 1. The van der Waals surface area contributed by atoms with E-state index in [9.17, 15) is 0 Å². The predicted molar refractivity (Wildman–Crippen MR) is 59.8 cm³/mol. The van der Waals surface area contributed by atoms with E-state index in [0.29, 0.717) is 12.2 Å². The van der Waals surface area contributed by atoms with Gasteiger partial charge in [0.15, 0.2) is 0 Å². The lowest BCUT2D eigenvalue weighted by atomic mass is 9.91. The fraction of sp³-hybridized carbons (Fsp3) is 1.00. The molecule has 2 aliphatic rings. The average Bonchev–Trinajstić information content (AvgIpc) is 2.96. The van der Waals surface area contributed by atoms with Gasteiger partial charge < -0.3 is 13.6 Å². The lowest BCUT2D eigenvalue weighted by Crippen LogP contribution is -2.28. The summed E-state index contributed by atoms with van der Waals surface area (Å²) in [5.41, 5.74) is 0. The molecule has 0 aromatic carbocycles. The van der Waals surface area contributed by atoms with E-state index in [-0.39, 0.29) is 0 Å². The van der Waals surface area contributed by atoms with Gasteiger partial charge in [0.1, 0.15) is 0 Å². The molecule has 0 spiro atoms. The standard InChI is InChI=1S/C11H21O3Si/c1-3-12-15(13-4-2)8-9-5-6-10-11(7-9)14-10/h9-11H,3-8H2,1-2H3. The summed E-state index contributed by atoms with van der Waals surface area (Å²) in [7, 11) is -1.01. The summed E-state index contributed by atoms with van der Waals surface area (Å²) in [5, 5.41) is 0. The summed E-state index contributed by atoms with van der Waals surface area (Å²) in [6.45, 7) is 5.66. The minimum atomic E-state index is -1.01. The van der Waals surface area contributed by atoms with Gasteiger partial charge in [-0.1, -0.05) is 0 Å². The summed E-state index contributed by atoms with van der Waals surface area (Å²) in [6, 6.07) is 1.14. The first kappa shape index (κ1) is 11.6. The topological polar surface area (TPSA) is 31.0 Å². The van der Waals surface area contributed by atoms with Crippen molar-refractivity contribution < 1.29 is 13.6 Å². The van der Waals surface area contributed by atoms with Crippen molar-refractivity contribution in [1.29, 1.82) is 0 Å². The van der Waals surface area contributed by atoms with Gasteiger partial charge in [0.25, 0.3) is 0 Å². The van der Waals surface area contributed by atoms with Crippen LogP contribution in [-0.2, 0) is 13.6 Å². The van der Waals surface area contributed by atoms with Gasteiger partial charge in [0.05, 0.1) is 12.2 Å².